The molecule has 0 aliphatic rings. The first-order valence-electron chi connectivity index (χ1n) is 11.0. The summed E-state index contributed by atoms with van der Waals surface area (Å²) in [5.74, 6) is 0.342. The minimum atomic E-state index is -0.594. The van der Waals surface area contributed by atoms with Crippen molar-refractivity contribution in [3.05, 3.63) is 64.9 Å². The number of amides is 2. The smallest absolute Gasteiger partial charge is 0.242 e. The fraction of sp³-hybridized carbons (Fsp3) is 0.440. The number of rotatable bonds is 12. The summed E-state index contributed by atoms with van der Waals surface area (Å²) in [5, 5.41) is 3.56. The van der Waals surface area contributed by atoms with Gasteiger partial charge in [-0.05, 0) is 60.7 Å². The van der Waals surface area contributed by atoms with E-state index < -0.39 is 6.04 Å². The average Bonchev–Trinajstić information content (AvgIpc) is 2.77. The molecule has 2 aromatic carbocycles. The minimum Gasteiger partial charge on any atom is -0.494 e. The van der Waals surface area contributed by atoms with Crippen molar-refractivity contribution >= 4 is 23.4 Å². The molecule has 0 aromatic heterocycles. The van der Waals surface area contributed by atoms with Gasteiger partial charge in [-0.25, -0.2) is 4.39 Å². The highest BCUT2D eigenvalue weighted by molar-refractivity contribution is 6.30. The van der Waals surface area contributed by atoms with Crippen molar-refractivity contribution in [3.63, 3.8) is 0 Å². The quantitative estimate of drug-likeness (QED) is 0.440. The molecule has 5 nitrogen and oxygen atoms in total. The van der Waals surface area contributed by atoms with Crippen LogP contribution < -0.4 is 10.1 Å². The van der Waals surface area contributed by atoms with Crippen LogP contribution in [0.1, 0.15) is 45.6 Å². The number of hydrogen-bond donors (Lipinski definition) is 1. The molecule has 1 unspecified atom stereocenters. The molecule has 0 fully saturated rings. The van der Waals surface area contributed by atoms with Gasteiger partial charge in [-0.1, -0.05) is 44.5 Å². The van der Waals surface area contributed by atoms with Gasteiger partial charge in [-0.3, -0.25) is 9.59 Å². The number of carbonyl (C=O) groups is 2. The summed E-state index contributed by atoms with van der Waals surface area (Å²) in [6, 6.07) is 12.4. The SMILES string of the molecule is CCC(C(=O)NCC(C)C)N(Cc1ccc(F)cc1)C(=O)CCCOc1ccc(Cl)cc1. The summed E-state index contributed by atoms with van der Waals surface area (Å²) in [6.45, 7) is 7.07. The molecule has 0 radical (unpaired) electrons. The van der Waals surface area contributed by atoms with E-state index in [-0.39, 0.29) is 30.6 Å². The first kappa shape index (κ1) is 25.7. The second-order valence-corrected chi connectivity index (χ2v) is 8.55. The number of carbonyl (C=O) groups excluding carboxylic acids is 2. The standard InChI is InChI=1S/C25H32ClFN2O3/c1-4-23(25(31)28-16-18(2)3)29(17-19-7-11-21(27)12-8-19)24(30)6-5-15-32-22-13-9-20(26)10-14-22/h7-14,18,23H,4-6,15-17H2,1-3H3,(H,28,31). The van der Waals surface area contributed by atoms with Crippen molar-refractivity contribution in [2.24, 2.45) is 5.92 Å². The van der Waals surface area contributed by atoms with E-state index >= 15 is 0 Å². The zero-order chi connectivity index (χ0) is 23.5. The van der Waals surface area contributed by atoms with Crippen LogP contribution >= 0.6 is 11.6 Å². The molecule has 0 bridgehead atoms. The number of ether oxygens (including phenoxy) is 1. The van der Waals surface area contributed by atoms with Crippen LogP contribution in [0, 0.1) is 11.7 Å². The maximum atomic E-state index is 13.3. The summed E-state index contributed by atoms with van der Waals surface area (Å²) >= 11 is 5.87. The molecule has 0 aliphatic heterocycles. The van der Waals surface area contributed by atoms with Crippen LogP contribution in [0.3, 0.4) is 0 Å². The van der Waals surface area contributed by atoms with Gasteiger partial charge in [0.15, 0.2) is 0 Å². The largest absolute Gasteiger partial charge is 0.494 e. The molecule has 2 aromatic rings. The molecule has 2 amide bonds. The second kappa shape index (κ2) is 13.1. The Kier molecular flexibility index (Phi) is 10.5. The monoisotopic (exact) mass is 462 g/mol. The maximum Gasteiger partial charge on any atom is 0.242 e. The van der Waals surface area contributed by atoms with E-state index in [9.17, 15) is 14.0 Å². The molecule has 174 valence electrons. The Bertz CT molecular complexity index is 856. The Labute approximate surface area is 194 Å². The van der Waals surface area contributed by atoms with E-state index in [1.807, 2.05) is 20.8 Å². The number of halogens is 2. The Hall–Kier alpha value is -2.60. The highest BCUT2D eigenvalue weighted by Crippen LogP contribution is 2.17. The third-order valence-corrected chi connectivity index (χ3v) is 5.21. The number of hydrogen-bond acceptors (Lipinski definition) is 3. The second-order valence-electron chi connectivity index (χ2n) is 8.12. The lowest BCUT2D eigenvalue weighted by atomic mass is 10.1. The fourth-order valence-electron chi connectivity index (χ4n) is 3.22. The molecular weight excluding hydrogens is 431 g/mol. The molecule has 1 N–H and O–H groups in total. The van der Waals surface area contributed by atoms with Crippen LogP contribution in [-0.4, -0.2) is 35.9 Å². The highest BCUT2D eigenvalue weighted by Gasteiger charge is 2.28. The predicted octanol–water partition coefficient (Wildman–Crippen LogP) is 5.22. The molecule has 0 aliphatic carbocycles. The van der Waals surface area contributed by atoms with Crippen molar-refractivity contribution in [2.75, 3.05) is 13.2 Å². The maximum absolute atomic E-state index is 13.3. The molecule has 0 spiro atoms. The zero-order valence-corrected chi connectivity index (χ0v) is 19.7. The van der Waals surface area contributed by atoms with Gasteiger partial charge in [0.05, 0.1) is 6.61 Å². The molecule has 0 heterocycles. The van der Waals surface area contributed by atoms with Gasteiger partial charge in [0, 0.05) is 24.5 Å². The molecule has 2 rings (SSSR count). The van der Waals surface area contributed by atoms with Crippen molar-refractivity contribution in [3.8, 4) is 5.75 Å². The normalized spacial score (nSPS) is 11.8. The van der Waals surface area contributed by atoms with Gasteiger partial charge >= 0.3 is 0 Å². The lowest BCUT2D eigenvalue weighted by molar-refractivity contribution is -0.141. The van der Waals surface area contributed by atoms with Gasteiger partial charge < -0.3 is 15.0 Å². The van der Waals surface area contributed by atoms with E-state index in [1.54, 1.807) is 41.3 Å². The Morgan fingerprint density at radius 1 is 1.09 bits per heavy atom. The first-order valence-corrected chi connectivity index (χ1v) is 11.4. The van der Waals surface area contributed by atoms with Crippen LogP contribution in [0.5, 0.6) is 5.75 Å². The van der Waals surface area contributed by atoms with Crippen LogP contribution in [0.2, 0.25) is 5.02 Å². The Balaban J connectivity index is 2.03. The topological polar surface area (TPSA) is 58.6 Å². The average molecular weight is 463 g/mol. The van der Waals surface area contributed by atoms with Crippen LogP contribution in [0.25, 0.3) is 0 Å². The summed E-state index contributed by atoms with van der Waals surface area (Å²) < 4.78 is 19.0. The minimum absolute atomic E-state index is 0.138. The lowest BCUT2D eigenvalue weighted by Crippen LogP contribution is -2.49. The van der Waals surface area contributed by atoms with Crippen molar-refractivity contribution < 1.29 is 18.7 Å². The van der Waals surface area contributed by atoms with Crippen LogP contribution in [-0.2, 0) is 16.1 Å². The highest BCUT2D eigenvalue weighted by atomic mass is 35.5. The summed E-state index contributed by atoms with van der Waals surface area (Å²) in [6.07, 6.45) is 1.23. The third kappa shape index (κ3) is 8.50. The van der Waals surface area contributed by atoms with E-state index in [0.29, 0.717) is 42.7 Å². The number of benzene rings is 2. The van der Waals surface area contributed by atoms with Crippen LogP contribution in [0.4, 0.5) is 4.39 Å². The third-order valence-electron chi connectivity index (χ3n) is 4.95. The molecule has 0 saturated carbocycles. The van der Waals surface area contributed by atoms with Crippen molar-refractivity contribution in [2.45, 2.75) is 52.6 Å². The van der Waals surface area contributed by atoms with E-state index in [2.05, 4.69) is 5.32 Å². The van der Waals surface area contributed by atoms with Gasteiger partial charge in [-0.15, -0.1) is 0 Å². The van der Waals surface area contributed by atoms with Gasteiger partial charge in [0.2, 0.25) is 11.8 Å². The summed E-state index contributed by atoms with van der Waals surface area (Å²) in [5.41, 5.74) is 0.771. The summed E-state index contributed by atoms with van der Waals surface area (Å²) in [7, 11) is 0. The molecule has 32 heavy (non-hydrogen) atoms. The van der Waals surface area contributed by atoms with Gasteiger partial charge in [-0.2, -0.15) is 0 Å². The van der Waals surface area contributed by atoms with Crippen molar-refractivity contribution in [1.82, 2.24) is 10.2 Å². The summed E-state index contributed by atoms with van der Waals surface area (Å²) in [4.78, 5) is 27.5. The van der Waals surface area contributed by atoms with E-state index in [4.69, 9.17) is 16.3 Å². The van der Waals surface area contributed by atoms with Crippen molar-refractivity contribution in [1.29, 1.82) is 0 Å². The van der Waals surface area contributed by atoms with E-state index in [0.717, 1.165) is 5.56 Å². The Morgan fingerprint density at radius 3 is 2.34 bits per heavy atom. The predicted molar refractivity (Wildman–Crippen MR) is 125 cm³/mol. The van der Waals surface area contributed by atoms with Gasteiger partial charge in [0.1, 0.15) is 17.6 Å². The Morgan fingerprint density at radius 2 is 1.75 bits per heavy atom. The lowest BCUT2D eigenvalue weighted by Gasteiger charge is -2.31. The zero-order valence-electron chi connectivity index (χ0n) is 18.9. The molecule has 1 atom stereocenters. The molecule has 7 heteroatoms. The number of nitrogens with zero attached hydrogens (tertiary/aromatic N) is 1. The van der Waals surface area contributed by atoms with Gasteiger partial charge in [0.25, 0.3) is 0 Å². The fourth-order valence-corrected chi connectivity index (χ4v) is 3.34. The van der Waals surface area contributed by atoms with E-state index in [1.165, 1.54) is 12.1 Å². The number of nitrogens with one attached hydrogen (secondary N) is 1. The van der Waals surface area contributed by atoms with Crippen LogP contribution in [0.15, 0.2) is 48.5 Å². The molecule has 0 saturated heterocycles. The molecular formula is C25H32ClFN2O3. The first-order chi connectivity index (χ1) is 15.3.